The van der Waals surface area contributed by atoms with Crippen molar-refractivity contribution in [3.63, 3.8) is 0 Å². The van der Waals surface area contributed by atoms with Gasteiger partial charge in [0.1, 0.15) is 4.47 Å². The molecule has 5 nitrogen and oxygen atoms in total. The molecule has 2 rings (SSSR count). The van der Waals surface area contributed by atoms with Crippen molar-refractivity contribution < 1.29 is 0 Å². The maximum absolute atomic E-state index is 11.9. The topological polar surface area (TPSA) is 59.8 Å². The zero-order valence-electron chi connectivity index (χ0n) is 10.6. The van der Waals surface area contributed by atoms with E-state index in [0.29, 0.717) is 11.0 Å². The van der Waals surface area contributed by atoms with E-state index in [9.17, 15) is 4.79 Å². The molecule has 0 fully saturated rings. The minimum Gasteiger partial charge on any atom is -0.385 e. The Labute approximate surface area is 119 Å². The van der Waals surface area contributed by atoms with E-state index < -0.39 is 0 Å². The van der Waals surface area contributed by atoms with Crippen LogP contribution in [0.2, 0.25) is 0 Å². The van der Waals surface area contributed by atoms with E-state index >= 15 is 0 Å². The van der Waals surface area contributed by atoms with Gasteiger partial charge in [-0.05, 0) is 34.5 Å². The van der Waals surface area contributed by atoms with Crippen molar-refractivity contribution in [2.75, 3.05) is 11.9 Å². The van der Waals surface area contributed by atoms with Crippen molar-refractivity contribution >= 4 is 21.6 Å². The van der Waals surface area contributed by atoms with Crippen LogP contribution in [-0.4, -0.2) is 21.1 Å². The largest absolute Gasteiger partial charge is 0.385 e. The van der Waals surface area contributed by atoms with Crippen LogP contribution in [0.4, 0.5) is 5.69 Å². The molecule has 2 aromatic rings. The zero-order chi connectivity index (χ0) is 13.7. The Hall–Kier alpha value is -1.69. The van der Waals surface area contributed by atoms with Crippen molar-refractivity contribution in [1.29, 1.82) is 0 Å². The lowest BCUT2D eigenvalue weighted by atomic mass is 10.3. The van der Waals surface area contributed by atoms with E-state index in [1.165, 1.54) is 17.1 Å². The number of nitrogens with one attached hydrogen (secondary N) is 1. The van der Waals surface area contributed by atoms with Gasteiger partial charge >= 0.3 is 0 Å². The third-order valence-corrected chi connectivity index (χ3v) is 3.13. The Balaban J connectivity index is 2.19. The first-order valence-corrected chi connectivity index (χ1v) is 6.88. The standard InChI is InChI=1S/C13H15BrN4O/c1-2-4-16-10-3-5-17-11(6-10)8-18-9-15-7-12(14)13(18)19/h3,5-7,9H,2,4,8H2,1H3,(H,16,17). The van der Waals surface area contributed by atoms with Crippen LogP contribution < -0.4 is 10.9 Å². The summed E-state index contributed by atoms with van der Waals surface area (Å²) in [6.45, 7) is 3.44. The van der Waals surface area contributed by atoms with Crippen LogP contribution in [0.15, 0.2) is 40.1 Å². The number of halogens is 1. The Morgan fingerprint density at radius 3 is 3.11 bits per heavy atom. The van der Waals surface area contributed by atoms with Crippen molar-refractivity contribution in [3.05, 3.63) is 51.4 Å². The normalized spacial score (nSPS) is 10.4. The van der Waals surface area contributed by atoms with E-state index in [1.807, 2.05) is 12.1 Å². The minimum absolute atomic E-state index is 0.108. The first-order chi connectivity index (χ1) is 9.20. The summed E-state index contributed by atoms with van der Waals surface area (Å²) in [6, 6.07) is 3.87. The Morgan fingerprint density at radius 2 is 2.32 bits per heavy atom. The van der Waals surface area contributed by atoms with Gasteiger partial charge in [-0.15, -0.1) is 0 Å². The first kappa shape index (κ1) is 13.7. The highest BCUT2D eigenvalue weighted by atomic mass is 79.9. The molecule has 0 spiro atoms. The fraction of sp³-hybridized carbons (Fsp3) is 0.308. The molecule has 0 aromatic carbocycles. The van der Waals surface area contributed by atoms with Crippen molar-refractivity contribution in [2.24, 2.45) is 0 Å². The molecular weight excluding hydrogens is 308 g/mol. The van der Waals surface area contributed by atoms with Crippen molar-refractivity contribution in [3.8, 4) is 0 Å². The van der Waals surface area contributed by atoms with E-state index in [1.54, 1.807) is 6.20 Å². The predicted octanol–water partition coefficient (Wildman–Crippen LogP) is 2.27. The highest BCUT2D eigenvalue weighted by Gasteiger charge is 2.03. The second-order valence-electron chi connectivity index (χ2n) is 4.14. The van der Waals surface area contributed by atoms with Gasteiger partial charge in [-0.1, -0.05) is 6.92 Å². The number of hydrogen-bond acceptors (Lipinski definition) is 4. The quantitative estimate of drug-likeness (QED) is 0.917. The first-order valence-electron chi connectivity index (χ1n) is 6.09. The lowest BCUT2D eigenvalue weighted by molar-refractivity contribution is 0.714. The zero-order valence-corrected chi connectivity index (χ0v) is 12.2. The summed E-state index contributed by atoms with van der Waals surface area (Å²) in [5.74, 6) is 0. The number of pyridine rings is 1. The summed E-state index contributed by atoms with van der Waals surface area (Å²) in [5, 5.41) is 3.29. The highest BCUT2D eigenvalue weighted by Crippen LogP contribution is 2.09. The van der Waals surface area contributed by atoms with E-state index in [4.69, 9.17) is 0 Å². The molecule has 6 heteroatoms. The Bertz CT molecular complexity index is 612. The molecule has 1 N–H and O–H groups in total. The van der Waals surface area contributed by atoms with Crippen LogP contribution >= 0.6 is 15.9 Å². The smallest absolute Gasteiger partial charge is 0.267 e. The summed E-state index contributed by atoms with van der Waals surface area (Å²) in [6.07, 6.45) is 5.81. The Kier molecular flexibility index (Phi) is 4.68. The third-order valence-electron chi connectivity index (χ3n) is 2.59. The van der Waals surface area contributed by atoms with Gasteiger partial charge in [0, 0.05) is 24.6 Å². The number of anilines is 1. The molecule has 0 aliphatic heterocycles. The number of hydrogen-bond donors (Lipinski definition) is 1. The highest BCUT2D eigenvalue weighted by molar-refractivity contribution is 9.10. The van der Waals surface area contributed by atoms with Crippen LogP contribution in [0, 0.1) is 0 Å². The third kappa shape index (κ3) is 3.64. The second-order valence-corrected chi connectivity index (χ2v) is 4.99. The molecule has 0 aliphatic rings. The predicted molar refractivity (Wildman–Crippen MR) is 78.3 cm³/mol. The second kappa shape index (κ2) is 6.47. The van der Waals surface area contributed by atoms with Crippen LogP contribution in [0.1, 0.15) is 19.0 Å². The molecular formula is C13H15BrN4O. The minimum atomic E-state index is -0.108. The molecule has 0 saturated carbocycles. The fourth-order valence-corrected chi connectivity index (χ4v) is 2.00. The van der Waals surface area contributed by atoms with E-state index in [0.717, 1.165) is 24.3 Å². The van der Waals surface area contributed by atoms with Gasteiger partial charge < -0.3 is 5.32 Å². The van der Waals surface area contributed by atoms with Gasteiger partial charge in [0.15, 0.2) is 0 Å². The van der Waals surface area contributed by atoms with Gasteiger partial charge in [0.05, 0.1) is 18.6 Å². The summed E-state index contributed by atoms with van der Waals surface area (Å²) in [5.41, 5.74) is 1.73. The average molecular weight is 323 g/mol. The van der Waals surface area contributed by atoms with Crippen molar-refractivity contribution in [2.45, 2.75) is 19.9 Å². The lowest BCUT2D eigenvalue weighted by Gasteiger charge is -2.08. The summed E-state index contributed by atoms with van der Waals surface area (Å²) in [7, 11) is 0. The number of rotatable bonds is 5. The van der Waals surface area contributed by atoms with Crippen molar-refractivity contribution in [1.82, 2.24) is 14.5 Å². The summed E-state index contributed by atoms with van der Waals surface area (Å²) in [4.78, 5) is 20.1. The van der Waals surface area contributed by atoms with E-state index in [2.05, 4.69) is 38.1 Å². The molecule has 0 saturated heterocycles. The molecule has 0 atom stereocenters. The molecule has 2 heterocycles. The fourth-order valence-electron chi connectivity index (χ4n) is 1.66. The van der Waals surface area contributed by atoms with Gasteiger partial charge in [-0.2, -0.15) is 0 Å². The lowest BCUT2D eigenvalue weighted by Crippen LogP contribution is -2.21. The molecule has 0 unspecified atom stereocenters. The van der Waals surface area contributed by atoms with Gasteiger partial charge in [-0.3, -0.25) is 14.3 Å². The maximum Gasteiger partial charge on any atom is 0.267 e. The van der Waals surface area contributed by atoms with Crippen LogP contribution in [-0.2, 0) is 6.54 Å². The van der Waals surface area contributed by atoms with Gasteiger partial charge in [0.25, 0.3) is 5.56 Å². The SMILES string of the molecule is CCCNc1ccnc(Cn2cncc(Br)c2=O)c1. The van der Waals surface area contributed by atoms with Crippen LogP contribution in [0.3, 0.4) is 0 Å². The molecule has 0 aliphatic carbocycles. The summed E-state index contributed by atoms with van der Waals surface area (Å²) < 4.78 is 1.98. The van der Waals surface area contributed by atoms with Crippen LogP contribution in [0.25, 0.3) is 0 Å². The molecule has 0 amide bonds. The van der Waals surface area contributed by atoms with Crippen LogP contribution in [0.5, 0.6) is 0 Å². The van der Waals surface area contributed by atoms with Gasteiger partial charge in [0.2, 0.25) is 0 Å². The molecule has 0 radical (unpaired) electrons. The molecule has 2 aromatic heterocycles. The monoisotopic (exact) mass is 322 g/mol. The molecule has 100 valence electrons. The van der Waals surface area contributed by atoms with Gasteiger partial charge in [-0.25, -0.2) is 4.98 Å². The maximum atomic E-state index is 11.9. The molecule has 19 heavy (non-hydrogen) atoms. The Morgan fingerprint density at radius 1 is 1.47 bits per heavy atom. The molecule has 0 bridgehead atoms. The number of aromatic nitrogens is 3. The average Bonchev–Trinajstić information content (AvgIpc) is 2.42. The van der Waals surface area contributed by atoms with E-state index in [-0.39, 0.29) is 5.56 Å². The summed E-state index contributed by atoms with van der Waals surface area (Å²) >= 11 is 3.18. The number of nitrogens with zero attached hydrogens (tertiary/aromatic N) is 3.